The average molecular weight is 675 g/mol. The Kier molecular flexibility index (Phi) is 10.9. The number of amides is 2. The number of carbonyl (C=O) groups is 2. The van der Waals surface area contributed by atoms with Crippen molar-refractivity contribution in [1.82, 2.24) is 10.2 Å². The van der Waals surface area contributed by atoms with Crippen LogP contribution in [0.15, 0.2) is 70.0 Å². The molecule has 0 aromatic heterocycles. The Morgan fingerprint density at radius 2 is 1.49 bits per heavy atom. The van der Waals surface area contributed by atoms with Crippen molar-refractivity contribution in [3.05, 3.63) is 81.8 Å². The summed E-state index contributed by atoms with van der Waals surface area (Å²) in [5.41, 5.74) is 2.25. The van der Waals surface area contributed by atoms with Gasteiger partial charge in [0.1, 0.15) is 12.6 Å². The van der Waals surface area contributed by atoms with E-state index in [-0.39, 0.29) is 23.1 Å². The largest absolute Gasteiger partial charge is 0.493 e. The summed E-state index contributed by atoms with van der Waals surface area (Å²) < 4.78 is 41.1. The van der Waals surface area contributed by atoms with E-state index in [1.165, 1.54) is 37.3 Å². The standard InChI is InChI=1S/C32H40BrN3O6S/c1-21-15-22(2)17-26(16-21)36(43(39,40)27-13-14-28(41-7)29(18-27)42-8)20-30(37)35(19-24-9-11-25(33)12-10-24)23(3)31(38)34-32(4,5)6/h9-18,23H,19-20H2,1-8H3,(H,34,38). The summed E-state index contributed by atoms with van der Waals surface area (Å²) in [5, 5.41) is 2.93. The number of benzene rings is 3. The van der Waals surface area contributed by atoms with Crippen molar-refractivity contribution in [1.29, 1.82) is 0 Å². The highest BCUT2D eigenvalue weighted by Gasteiger charge is 2.34. The number of rotatable bonds is 11. The van der Waals surface area contributed by atoms with E-state index >= 15 is 0 Å². The van der Waals surface area contributed by atoms with Crippen LogP contribution in [0.25, 0.3) is 0 Å². The lowest BCUT2D eigenvalue weighted by atomic mass is 10.1. The second-order valence-electron chi connectivity index (χ2n) is 11.4. The molecule has 0 saturated carbocycles. The normalized spacial score (nSPS) is 12.3. The molecular formula is C32H40BrN3O6S. The molecule has 232 valence electrons. The topological polar surface area (TPSA) is 105 Å². The number of methoxy groups -OCH3 is 2. The van der Waals surface area contributed by atoms with Crippen LogP contribution in [0, 0.1) is 13.8 Å². The van der Waals surface area contributed by atoms with Crippen molar-refractivity contribution < 1.29 is 27.5 Å². The van der Waals surface area contributed by atoms with Crippen LogP contribution in [0.5, 0.6) is 11.5 Å². The second kappa shape index (κ2) is 13.8. The summed E-state index contributed by atoms with van der Waals surface area (Å²) in [6.07, 6.45) is 0. The molecule has 0 bridgehead atoms. The second-order valence-corrected chi connectivity index (χ2v) is 14.2. The maximum absolute atomic E-state index is 14.2. The molecule has 0 aliphatic heterocycles. The van der Waals surface area contributed by atoms with Crippen molar-refractivity contribution in [3.8, 4) is 11.5 Å². The van der Waals surface area contributed by atoms with Crippen LogP contribution < -0.4 is 19.1 Å². The van der Waals surface area contributed by atoms with Crippen molar-refractivity contribution in [3.63, 3.8) is 0 Å². The lowest BCUT2D eigenvalue weighted by Gasteiger charge is -2.33. The van der Waals surface area contributed by atoms with Crippen LogP contribution >= 0.6 is 15.9 Å². The number of hydrogen-bond acceptors (Lipinski definition) is 6. The third-order valence-electron chi connectivity index (χ3n) is 6.65. The molecule has 2 amide bonds. The number of carbonyl (C=O) groups excluding carboxylic acids is 2. The van der Waals surface area contributed by atoms with Crippen LogP contribution in [0.1, 0.15) is 44.4 Å². The number of anilines is 1. The molecule has 0 spiro atoms. The molecule has 0 aliphatic carbocycles. The minimum atomic E-state index is -4.28. The number of nitrogens with one attached hydrogen (secondary N) is 1. The van der Waals surface area contributed by atoms with Gasteiger partial charge in [0.15, 0.2) is 11.5 Å². The lowest BCUT2D eigenvalue weighted by molar-refractivity contribution is -0.140. The maximum Gasteiger partial charge on any atom is 0.264 e. The Morgan fingerprint density at radius 3 is 2.02 bits per heavy atom. The first-order chi connectivity index (χ1) is 20.0. The van der Waals surface area contributed by atoms with Gasteiger partial charge in [0.25, 0.3) is 10.0 Å². The molecule has 9 nitrogen and oxygen atoms in total. The number of sulfonamides is 1. The van der Waals surface area contributed by atoms with E-state index < -0.39 is 34.1 Å². The van der Waals surface area contributed by atoms with Gasteiger partial charge in [-0.3, -0.25) is 13.9 Å². The zero-order valence-electron chi connectivity index (χ0n) is 25.9. The molecule has 43 heavy (non-hydrogen) atoms. The fraction of sp³-hybridized carbons (Fsp3) is 0.375. The van der Waals surface area contributed by atoms with Gasteiger partial charge in [0.2, 0.25) is 11.8 Å². The highest BCUT2D eigenvalue weighted by molar-refractivity contribution is 9.10. The molecule has 1 atom stereocenters. The van der Waals surface area contributed by atoms with Crippen molar-refractivity contribution >= 4 is 43.5 Å². The monoisotopic (exact) mass is 673 g/mol. The van der Waals surface area contributed by atoms with Gasteiger partial charge in [-0.1, -0.05) is 34.1 Å². The lowest BCUT2D eigenvalue weighted by Crippen LogP contribution is -2.54. The first-order valence-electron chi connectivity index (χ1n) is 13.7. The average Bonchev–Trinajstić information content (AvgIpc) is 2.93. The minimum absolute atomic E-state index is 0.0740. The maximum atomic E-state index is 14.2. The molecule has 11 heteroatoms. The molecule has 0 radical (unpaired) electrons. The first kappa shape index (κ1) is 33.9. The van der Waals surface area contributed by atoms with Crippen LogP contribution in [0.3, 0.4) is 0 Å². The molecule has 3 rings (SSSR count). The smallest absolute Gasteiger partial charge is 0.264 e. The Labute approximate surface area is 263 Å². The van der Waals surface area contributed by atoms with Gasteiger partial charge >= 0.3 is 0 Å². The third kappa shape index (κ3) is 8.73. The number of aryl methyl sites for hydroxylation is 2. The van der Waals surface area contributed by atoms with Gasteiger partial charge in [-0.15, -0.1) is 0 Å². The number of ether oxygens (including phenoxy) is 2. The number of halogens is 1. The quantitative estimate of drug-likeness (QED) is 0.284. The third-order valence-corrected chi connectivity index (χ3v) is 8.95. The van der Waals surface area contributed by atoms with Gasteiger partial charge in [-0.2, -0.15) is 0 Å². The fourth-order valence-corrected chi connectivity index (χ4v) is 6.25. The molecule has 0 fully saturated rings. The van der Waals surface area contributed by atoms with E-state index in [1.54, 1.807) is 19.1 Å². The van der Waals surface area contributed by atoms with Crippen molar-refractivity contribution in [2.75, 3.05) is 25.1 Å². The van der Waals surface area contributed by atoms with Crippen LogP contribution in [-0.4, -0.2) is 57.5 Å². The SMILES string of the molecule is COc1ccc(S(=O)(=O)N(CC(=O)N(Cc2ccc(Br)cc2)C(C)C(=O)NC(C)(C)C)c2cc(C)cc(C)c2)cc1OC. The number of nitrogens with zero attached hydrogens (tertiary/aromatic N) is 2. The molecule has 0 aliphatic rings. The van der Waals surface area contributed by atoms with Gasteiger partial charge in [0.05, 0.1) is 24.8 Å². The summed E-state index contributed by atoms with van der Waals surface area (Å²) in [6, 6.07) is 16.1. The van der Waals surface area contributed by atoms with Crippen molar-refractivity contribution in [2.45, 2.75) is 64.6 Å². The zero-order chi connectivity index (χ0) is 32.1. The predicted octanol–water partition coefficient (Wildman–Crippen LogP) is 5.61. The van der Waals surface area contributed by atoms with Gasteiger partial charge in [-0.05, 0) is 94.6 Å². The van der Waals surface area contributed by atoms with Crippen LogP contribution in [-0.2, 0) is 26.2 Å². The van der Waals surface area contributed by atoms with E-state index in [1.807, 2.05) is 65.0 Å². The summed E-state index contributed by atoms with van der Waals surface area (Å²) >= 11 is 3.42. The highest BCUT2D eigenvalue weighted by atomic mass is 79.9. The zero-order valence-corrected chi connectivity index (χ0v) is 28.3. The van der Waals surface area contributed by atoms with Crippen LogP contribution in [0.2, 0.25) is 0 Å². The highest BCUT2D eigenvalue weighted by Crippen LogP contribution is 2.33. The van der Waals surface area contributed by atoms with E-state index in [2.05, 4.69) is 21.2 Å². The molecule has 0 heterocycles. The molecule has 3 aromatic rings. The summed E-state index contributed by atoms with van der Waals surface area (Å²) in [6.45, 7) is 10.5. The van der Waals surface area contributed by atoms with Crippen molar-refractivity contribution in [2.24, 2.45) is 0 Å². The molecular weight excluding hydrogens is 634 g/mol. The first-order valence-corrected chi connectivity index (χ1v) is 16.0. The molecule has 3 aromatic carbocycles. The Balaban J connectivity index is 2.11. The summed E-state index contributed by atoms with van der Waals surface area (Å²) in [7, 11) is -1.40. The fourth-order valence-electron chi connectivity index (χ4n) is 4.57. The summed E-state index contributed by atoms with van der Waals surface area (Å²) in [4.78, 5) is 28.8. The van der Waals surface area contributed by atoms with E-state index in [0.29, 0.717) is 11.4 Å². The number of hydrogen-bond donors (Lipinski definition) is 1. The summed E-state index contributed by atoms with van der Waals surface area (Å²) in [5.74, 6) is -0.282. The van der Waals surface area contributed by atoms with Gasteiger partial charge in [0, 0.05) is 22.6 Å². The van der Waals surface area contributed by atoms with Crippen LogP contribution in [0.4, 0.5) is 5.69 Å². The van der Waals surface area contributed by atoms with Gasteiger partial charge in [-0.25, -0.2) is 8.42 Å². The van der Waals surface area contributed by atoms with E-state index in [0.717, 1.165) is 25.5 Å². The molecule has 0 saturated heterocycles. The minimum Gasteiger partial charge on any atom is -0.493 e. The molecule has 1 unspecified atom stereocenters. The predicted molar refractivity (Wildman–Crippen MR) is 172 cm³/mol. The Morgan fingerprint density at radius 1 is 0.907 bits per heavy atom. The van der Waals surface area contributed by atoms with Gasteiger partial charge < -0.3 is 19.7 Å². The van der Waals surface area contributed by atoms with E-state index in [9.17, 15) is 18.0 Å². The Hall–Kier alpha value is -3.57. The molecule has 1 N–H and O–H groups in total. The Bertz CT molecular complexity index is 1550. The van der Waals surface area contributed by atoms with E-state index in [4.69, 9.17) is 9.47 Å².